The number of nitrogens with one attached hydrogen (secondary N) is 1. The highest BCUT2D eigenvalue weighted by Crippen LogP contribution is 2.22. The fraction of sp³-hybridized carbons (Fsp3) is 0.167. The normalized spacial score (nSPS) is 10.3. The van der Waals surface area contributed by atoms with Crippen molar-refractivity contribution in [2.75, 3.05) is 11.1 Å². The molecule has 0 atom stereocenters. The predicted molar refractivity (Wildman–Crippen MR) is 70.7 cm³/mol. The molecule has 4 nitrogen and oxygen atoms in total. The number of hydrogen-bond donors (Lipinski definition) is 2. The minimum absolute atomic E-state index is 0.494. The lowest BCUT2D eigenvalue weighted by atomic mass is 10.2. The molecular weight excluding hydrogens is 236 g/mol. The van der Waals surface area contributed by atoms with Gasteiger partial charge in [0, 0.05) is 16.3 Å². The Kier molecular flexibility index (Phi) is 3.15. The van der Waals surface area contributed by atoms with Gasteiger partial charge in [-0.05, 0) is 38.1 Å². The maximum absolute atomic E-state index is 5.82. The quantitative estimate of drug-likeness (QED) is 0.857. The van der Waals surface area contributed by atoms with Gasteiger partial charge in [-0.2, -0.15) is 0 Å². The first kappa shape index (κ1) is 11.7. The largest absolute Gasteiger partial charge is 0.383 e. The first-order valence-electron chi connectivity index (χ1n) is 5.19. The molecule has 5 heteroatoms. The molecule has 3 N–H and O–H groups in total. The summed E-state index contributed by atoms with van der Waals surface area (Å²) in [5.74, 6) is 1.86. The van der Waals surface area contributed by atoms with E-state index in [9.17, 15) is 0 Å². The van der Waals surface area contributed by atoms with Gasteiger partial charge in [0.15, 0.2) is 0 Å². The SMILES string of the molecule is Cc1nc(N)c(C)c(Nc2ccc(Cl)cc2)n1. The summed E-state index contributed by atoms with van der Waals surface area (Å²) in [6.07, 6.45) is 0. The van der Waals surface area contributed by atoms with Crippen LogP contribution in [0.3, 0.4) is 0 Å². The van der Waals surface area contributed by atoms with E-state index in [1.807, 2.05) is 38.1 Å². The number of nitrogen functional groups attached to an aromatic ring is 1. The summed E-state index contributed by atoms with van der Waals surface area (Å²) in [4.78, 5) is 8.41. The van der Waals surface area contributed by atoms with E-state index in [-0.39, 0.29) is 0 Å². The summed E-state index contributed by atoms with van der Waals surface area (Å²) in [6.45, 7) is 3.69. The number of halogens is 1. The maximum Gasteiger partial charge on any atom is 0.139 e. The van der Waals surface area contributed by atoms with E-state index < -0.39 is 0 Å². The zero-order chi connectivity index (χ0) is 12.4. The Hall–Kier alpha value is -1.81. The molecule has 0 radical (unpaired) electrons. The van der Waals surface area contributed by atoms with Crippen molar-refractivity contribution in [3.05, 3.63) is 40.7 Å². The number of nitrogens with two attached hydrogens (primary N) is 1. The Bertz CT molecular complexity index is 537. The lowest BCUT2D eigenvalue weighted by molar-refractivity contribution is 1.04. The average Bonchev–Trinajstić information content (AvgIpc) is 2.28. The van der Waals surface area contributed by atoms with Crippen LogP contribution < -0.4 is 11.1 Å². The molecule has 1 aromatic heterocycles. The molecule has 1 aromatic carbocycles. The summed E-state index contributed by atoms with van der Waals surface area (Å²) in [5, 5.41) is 3.89. The van der Waals surface area contributed by atoms with Crippen molar-refractivity contribution in [2.45, 2.75) is 13.8 Å². The van der Waals surface area contributed by atoms with Gasteiger partial charge in [0.25, 0.3) is 0 Å². The number of aromatic nitrogens is 2. The van der Waals surface area contributed by atoms with Crippen LogP contribution in [-0.2, 0) is 0 Å². The Morgan fingerprint density at radius 3 is 2.41 bits per heavy atom. The van der Waals surface area contributed by atoms with Crippen LogP contribution in [0.2, 0.25) is 5.02 Å². The molecule has 0 bridgehead atoms. The summed E-state index contributed by atoms with van der Waals surface area (Å²) in [7, 11) is 0. The van der Waals surface area contributed by atoms with Crippen LogP contribution in [0.15, 0.2) is 24.3 Å². The van der Waals surface area contributed by atoms with Crippen LogP contribution in [0.1, 0.15) is 11.4 Å². The Morgan fingerprint density at radius 2 is 1.76 bits per heavy atom. The minimum Gasteiger partial charge on any atom is -0.383 e. The topological polar surface area (TPSA) is 63.8 Å². The van der Waals surface area contributed by atoms with E-state index in [4.69, 9.17) is 17.3 Å². The average molecular weight is 249 g/mol. The zero-order valence-corrected chi connectivity index (χ0v) is 10.4. The molecular formula is C12H13ClN4. The number of anilines is 3. The summed E-state index contributed by atoms with van der Waals surface area (Å²) in [5.41, 5.74) is 7.54. The first-order valence-corrected chi connectivity index (χ1v) is 5.57. The van der Waals surface area contributed by atoms with Gasteiger partial charge in [0.05, 0.1) is 0 Å². The van der Waals surface area contributed by atoms with Gasteiger partial charge in [0.2, 0.25) is 0 Å². The van der Waals surface area contributed by atoms with Crippen LogP contribution in [0, 0.1) is 13.8 Å². The molecule has 0 aliphatic rings. The number of rotatable bonds is 2. The smallest absolute Gasteiger partial charge is 0.139 e. The van der Waals surface area contributed by atoms with Crippen LogP contribution in [0.4, 0.5) is 17.3 Å². The van der Waals surface area contributed by atoms with Gasteiger partial charge < -0.3 is 11.1 Å². The molecule has 0 spiro atoms. The number of aryl methyl sites for hydroxylation is 1. The maximum atomic E-state index is 5.82. The fourth-order valence-electron chi connectivity index (χ4n) is 1.44. The molecule has 2 rings (SSSR count). The molecule has 0 amide bonds. The van der Waals surface area contributed by atoms with Gasteiger partial charge in [-0.3, -0.25) is 0 Å². The van der Waals surface area contributed by atoms with Gasteiger partial charge in [-0.15, -0.1) is 0 Å². The van der Waals surface area contributed by atoms with Crippen molar-refractivity contribution < 1.29 is 0 Å². The number of nitrogens with zero attached hydrogens (tertiary/aromatic N) is 2. The minimum atomic E-state index is 0.494. The van der Waals surface area contributed by atoms with E-state index in [0.717, 1.165) is 17.1 Å². The standard InChI is InChI=1S/C12H13ClN4/c1-7-11(14)15-8(2)16-12(7)17-10-5-3-9(13)4-6-10/h3-6H,1-2H3,(H3,14,15,16,17). The molecule has 0 fully saturated rings. The third-order valence-corrected chi connectivity index (χ3v) is 2.65. The van der Waals surface area contributed by atoms with Crippen LogP contribution in [0.25, 0.3) is 0 Å². The first-order chi connectivity index (χ1) is 8.06. The van der Waals surface area contributed by atoms with E-state index in [0.29, 0.717) is 16.7 Å². The summed E-state index contributed by atoms with van der Waals surface area (Å²) in [6, 6.07) is 7.40. The van der Waals surface area contributed by atoms with Crippen molar-refractivity contribution in [2.24, 2.45) is 0 Å². The molecule has 0 unspecified atom stereocenters. The molecule has 1 heterocycles. The molecule has 2 aromatic rings. The van der Waals surface area contributed by atoms with Gasteiger partial charge in [-0.25, -0.2) is 9.97 Å². The van der Waals surface area contributed by atoms with Gasteiger partial charge in [-0.1, -0.05) is 11.6 Å². The monoisotopic (exact) mass is 248 g/mol. The van der Waals surface area contributed by atoms with Gasteiger partial charge >= 0.3 is 0 Å². The highest BCUT2D eigenvalue weighted by molar-refractivity contribution is 6.30. The highest BCUT2D eigenvalue weighted by atomic mass is 35.5. The van der Waals surface area contributed by atoms with Crippen LogP contribution in [-0.4, -0.2) is 9.97 Å². The zero-order valence-electron chi connectivity index (χ0n) is 9.66. The number of benzene rings is 1. The van der Waals surface area contributed by atoms with Crippen molar-refractivity contribution in [1.82, 2.24) is 9.97 Å². The molecule has 0 saturated carbocycles. The predicted octanol–water partition coefficient (Wildman–Crippen LogP) is 3.07. The van der Waals surface area contributed by atoms with E-state index in [1.165, 1.54) is 0 Å². The molecule has 0 saturated heterocycles. The fourth-order valence-corrected chi connectivity index (χ4v) is 1.57. The second-order valence-corrected chi connectivity index (χ2v) is 4.20. The molecule has 88 valence electrons. The second kappa shape index (κ2) is 4.59. The third-order valence-electron chi connectivity index (χ3n) is 2.40. The second-order valence-electron chi connectivity index (χ2n) is 3.76. The molecule has 0 aliphatic carbocycles. The third kappa shape index (κ3) is 2.65. The van der Waals surface area contributed by atoms with Crippen molar-refractivity contribution >= 4 is 28.9 Å². The van der Waals surface area contributed by atoms with E-state index in [2.05, 4.69) is 15.3 Å². The Labute approximate surface area is 105 Å². The van der Waals surface area contributed by atoms with E-state index in [1.54, 1.807) is 0 Å². The summed E-state index contributed by atoms with van der Waals surface area (Å²) < 4.78 is 0. The highest BCUT2D eigenvalue weighted by Gasteiger charge is 2.06. The van der Waals surface area contributed by atoms with Crippen molar-refractivity contribution in [3.8, 4) is 0 Å². The Balaban J connectivity index is 2.32. The lowest BCUT2D eigenvalue weighted by Gasteiger charge is -2.10. The number of hydrogen-bond acceptors (Lipinski definition) is 4. The van der Waals surface area contributed by atoms with Gasteiger partial charge in [0.1, 0.15) is 17.5 Å². The molecule has 17 heavy (non-hydrogen) atoms. The van der Waals surface area contributed by atoms with E-state index >= 15 is 0 Å². The van der Waals surface area contributed by atoms with Crippen molar-refractivity contribution in [3.63, 3.8) is 0 Å². The molecule has 0 aliphatic heterocycles. The van der Waals surface area contributed by atoms with Crippen LogP contribution in [0.5, 0.6) is 0 Å². The van der Waals surface area contributed by atoms with Crippen LogP contribution >= 0.6 is 11.6 Å². The summed E-state index contributed by atoms with van der Waals surface area (Å²) >= 11 is 5.82. The van der Waals surface area contributed by atoms with Crippen molar-refractivity contribution in [1.29, 1.82) is 0 Å². The Morgan fingerprint density at radius 1 is 1.12 bits per heavy atom. The lowest BCUT2D eigenvalue weighted by Crippen LogP contribution is -2.04.